The van der Waals surface area contributed by atoms with Gasteiger partial charge in [-0.3, -0.25) is 14.6 Å². The molecule has 1 fully saturated rings. The Hall–Kier alpha value is -1.83. The van der Waals surface area contributed by atoms with Crippen LogP contribution in [0, 0.1) is 0 Å². The Morgan fingerprint density at radius 2 is 1.93 bits per heavy atom. The SMILES string of the molecule is COc1cc(C2N(C)CCCN2C)ccc1OCCCN(C)CCC(=O)O. The van der Waals surface area contributed by atoms with Gasteiger partial charge in [-0.15, -0.1) is 0 Å². The average molecular weight is 380 g/mol. The first kappa shape index (κ1) is 21.5. The standard InChI is InChI=1S/C20H33N3O4/c1-21(13-9-19(24)25)10-6-14-27-17-8-7-16(15-18(17)26-4)20-22(2)11-5-12-23(20)3/h7-8,15,20H,5-6,9-14H2,1-4H3,(H,24,25). The molecule has 1 aliphatic rings. The van der Waals surface area contributed by atoms with Crippen LogP contribution in [-0.4, -0.2) is 86.8 Å². The van der Waals surface area contributed by atoms with Crippen molar-refractivity contribution in [2.24, 2.45) is 0 Å². The van der Waals surface area contributed by atoms with Crippen molar-refractivity contribution in [1.82, 2.24) is 14.7 Å². The monoisotopic (exact) mass is 379 g/mol. The fourth-order valence-electron chi connectivity index (χ4n) is 3.54. The molecule has 0 aliphatic carbocycles. The molecule has 1 aromatic rings. The summed E-state index contributed by atoms with van der Waals surface area (Å²) in [7, 11) is 7.89. The minimum atomic E-state index is -0.766. The number of hydrogen-bond acceptors (Lipinski definition) is 6. The van der Waals surface area contributed by atoms with E-state index < -0.39 is 5.97 Å². The zero-order valence-corrected chi connectivity index (χ0v) is 17.0. The van der Waals surface area contributed by atoms with E-state index in [-0.39, 0.29) is 12.6 Å². The molecule has 2 rings (SSSR count). The van der Waals surface area contributed by atoms with E-state index in [4.69, 9.17) is 14.6 Å². The third-order valence-electron chi connectivity index (χ3n) is 4.99. The van der Waals surface area contributed by atoms with Gasteiger partial charge in [-0.05, 0) is 51.7 Å². The molecule has 0 amide bonds. The summed E-state index contributed by atoms with van der Waals surface area (Å²) >= 11 is 0. The summed E-state index contributed by atoms with van der Waals surface area (Å²) in [6, 6.07) is 6.16. The number of methoxy groups -OCH3 is 1. The zero-order chi connectivity index (χ0) is 19.8. The van der Waals surface area contributed by atoms with Gasteiger partial charge in [-0.1, -0.05) is 6.07 Å². The lowest BCUT2D eigenvalue weighted by molar-refractivity contribution is -0.137. The lowest BCUT2D eigenvalue weighted by Crippen LogP contribution is -2.43. The Labute approximate surface area is 162 Å². The number of aliphatic carboxylic acids is 1. The summed E-state index contributed by atoms with van der Waals surface area (Å²) in [4.78, 5) is 17.3. The van der Waals surface area contributed by atoms with Gasteiger partial charge >= 0.3 is 5.97 Å². The van der Waals surface area contributed by atoms with Crippen LogP contribution < -0.4 is 9.47 Å². The second kappa shape index (κ2) is 10.5. The summed E-state index contributed by atoms with van der Waals surface area (Å²) in [6.45, 7) is 4.09. The van der Waals surface area contributed by atoms with Crippen LogP contribution in [0.1, 0.15) is 31.0 Å². The van der Waals surface area contributed by atoms with Crippen molar-refractivity contribution in [2.45, 2.75) is 25.4 Å². The number of carboxylic acids is 1. The third kappa shape index (κ3) is 6.37. The van der Waals surface area contributed by atoms with Gasteiger partial charge in [0.1, 0.15) is 0 Å². The molecule has 7 heteroatoms. The molecule has 7 nitrogen and oxygen atoms in total. The fourth-order valence-corrected chi connectivity index (χ4v) is 3.54. The van der Waals surface area contributed by atoms with Gasteiger partial charge in [0.15, 0.2) is 11.5 Å². The molecular weight excluding hydrogens is 346 g/mol. The van der Waals surface area contributed by atoms with Gasteiger partial charge in [0.05, 0.1) is 26.3 Å². The summed E-state index contributed by atoms with van der Waals surface area (Å²) < 4.78 is 11.5. The molecule has 0 bridgehead atoms. The highest BCUT2D eigenvalue weighted by atomic mass is 16.5. The first-order valence-electron chi connectivity index (χ1n) is 9.54. The number of nitrogens with zero attached hydrogens (tertiary/aromatic N) is 3. The molecule has 0 aromatic heterocycles. The molecule has 1 N–H and O–H groups in total. The average Bonchev–Trinajstić information content (AvgIpc) is 2.64. The zero-order valence-electron chi connectivity index (χ0n) is 17.0. The topological polar surface area (TPSA) is 65.5 Å². The minimum absolute atomic E-state index is 0.163. The van der Waals surface area contributed by atoms with Crippen LogP contribution in [-0.2, 0) is 4.79 Å². The van der Waals surface area contributed by atoms with E-state index in [9.17, 15) is 4.79 Å². The fraction of sp³-hybridized carbons (Fsp3) is 0.650. The number of hydrogen-bond donors (Lipinski definition) is 1. The van der Waals surface area contributed by atoms with Crippen LogP contribution in [0.2, 0.25) is 0 Å². The number of benzene rings is 1. The highest BCUT2D eigenvalue weighted by Crippen LogP contribution is 2.34. The first-order chi connectivity index (χ1) is 12.9. The van der Waals surface area contributed by atoms with Crippen LogP contribution in [0.15, 0.2) is 18.2 Å². The lowest BCUT2D eigenvalue weighted by atomic mass is 10.1. The molecule has 1 saturated heterocycles. The van der Waals surface area contributed by atoms with Crippen molar-refractivity contribution >= 4 is 5.97 Å². The number of ether oxygens (including phenoxy) is 2. The molecule has 27 heavy (non-hydrogen) atoms. The molecule has 1 heterocycles. The Morgan fingerprint density at radius 3 is 2.56 bits per heavy atom. The van der Waals surface area contributed by atoms with Gasteiger partial charge < -0.3 is 19.5 Å². The lowest BCUT2D eigenvalue weighted by Gasteiger charge is -2.40. The summed E-state index contributed by atoms with van der Waals surface area (Å²) in [6.07, 6.45) is 2.43. The predicted octanol–water partition coefficient (Wildman–Crippen LogP) is 2.14. The van der Waals surface area contributed by atoms with E-state index in [0.717, 1.165) is 37.6 Å². The second-order valence-electron chi connectivity index (χ2n) is 7.25. The predicted molar refractivity (Wildman–Crippen MR) is 105 cm³/mol. The molecule has 0 atom stereocenters. The van der Waals surface area contributed by atoms with E-state index in [1.54, 1.807) is 7.11 Å². The first-order valence-corrected chi connectivity index (χ1v) is 9.54. The van der Waals surface area contributed by atoms with Gasteiger partial charge in [-0.2, -0.15) is 0 Å². The van der Waals surface area contributed by atoms with Crippen molar-refractivity contribution in [3.63, 3.8) is 0 Å². The van der Waals surface area contributed by atoms with Crippen molar-refractivity contribution in [3.8, 4) is 11.5 Å². The van der Waals surface area contributed by atoms with E-state index in [2.05, 4.69) is 36.0 Å². The molecule has 0 radical (unpaired) electrons. The molecule has 152 valence electrons. The number of rotatable bonds is 10. The second-order valence-corrected chi connectivity index (χ2v) is 7.25. The highest BCUT2D eigenvalue weighted by Gasteiger charge is 2.26. The van der Waals surface area contributed by atoms with Crippen molar-refractivity contribution in [3.05, 3.63) is 23.8 Å². The Balaban J connectivity index is 1.89. The van der Waals surface area contributed by atoms with Crippen molar-refractivity contribution in [1.29, 1.82) is 0 Å². The number of carboxylic acid groups (broad SMARTS) is 1. The van der Waals surface area contributed by atoms with Gasteiger partial charge in [0.25, 0.3) is 0 Å². The Bertz CT molecular complexity index is 601. The maximum Gasteiger partial charge on any atom is 0.304 e. The molecule has 1 aliphatic heterocycles. The summed E-state index contributed by atoms with van der Waals surface area (Å²) in [5.74, 6) is 0.729. The van der Waals surface area contributed by atoms with E-state index >= 15 is 0 Å². The van der Waals surface area contributed by atoms with Gasteiger partial charge in [0, 0.05) is 26.2 Å². The molecule has 0 spiro atoms. The van der Waals surface area contributed by atoms with Crippen LogP contribution in [0.25, 0.3) is 0 Å². The Kier molecular flexibility index (Phi) is 8.34. The molecule has 1 aromatic carbocycles. The minimum Gasteiger partial charge on any atom is -0.493 e. The highest BCUT2D eigenvalue weighted by molar-refractivity contribution is 5.66. The van der Waals surface area contributed by atoms with Crippen LogP contribution in [0.4, 0.5) is 0 Å². The van der Waals surface area contributed by atoms with Crippen LogP contribution >= 0.6 is 0 Å². The number of carbonyl (C=O) groups is 1. The van der Waals surface area contributed by atoms with E-state index in [0.29, 0.717) is 13.2 Å². The van der Waals surface area contributed by atoms with Gasteiger partial charge in [0.2, 0.25) is 0 Å². The van der Waals surface area contributed by atoms with Crippen LogP contribution in [0.5, 0.6) is 11.5 Å². The van der Waals surface area contributed by atoms with E-state index in [1.807, 2.05) is 18.0 Å². The normalized spacial score (nSPS) is 16.6. The molecule has 0 saturated carbocycles. The quantitative estimate of drug-likeness (QED) is 0.625. The van der Waals surface area contributed by atoms with E-state index in [1.165, 1.54) is 12.0 Å². The maximum absolute atomic E-state index is 10.6. The largest absolute Gasteiger partial charge is 0.493 e. The van der Waals surface area contributed by atoms with Gasteiger partial charge in [-0.25, -0.2) is 0 Å². The molecule has 0 unspecified atom stereocenters. The third-order valence-corrected chi connectivity index (χ3v) is 4.99. The summed E-state index contributed by atoms with van der Waals surface area (Å²) in [5.41, 5.74) is 1.21. The maximum atomic E-state index is 10.6. The smallest absolute Gasteiger partial charge is 0.304 e. The molecular formula is C20H33N3O4. The van der Waals surface area contributed by atoms with Crippen molar-refractivity contribution in [2.75, 3.05) is 61.0 Å². The summed E-state index contributed by atoms with van der Waals surface area (Å²) in [5, 5.41) is 8.72. The Morgan fingerprint density at radius 1 is 1.22 bits per heavy atom. The van der Waals surface area contributed by atoms with Crippen LogP contribution in [0.3, 0.4) is 0 Å². The van der Waals surface area contributed by atoms with Crippen molar-refractivity contribution < 1.29 is 19.4 Å².